The van der Waals surface area contributed by atoms with Crippen molar-refractivity contribution in [2.75, 3.05) is 4.90 Å². The minimum absolute atomic E-state index is 0.170. The summed E-state index contributed by atoms with van der Waals surface area (Å²) in [6, 6.07) is 70.5. The summed E-state index contributed by atoms with van der Waals surface area (Å²) in [7, 11) is 0. The number of fused-ring (bicyclic) bond motifs is 3. The van der Waals surface area contributed by atoms with Crippen molar-refractivity contribution in [2.24, 2.45) is 0 Å². The van der Waals surface area contributed by atoms with Crippen molar-refractivity contribution in [3.05, 3.63) is 221 Å². The lowest BCUT2D eigenvalue weighted by molar-refractivity contribution is 0.660. The number of rotatable bonds is 6. The number of benzene rings is 8. The standard InChI is InChI=1S/C55H45N/c1-55(2)51-34-31-45(41-13-6-3-7-14-41)36-50(51)49-33-32-46(37-52(49)55)56(53-35-40-26-25-38-21-23-39(24-22-38)27-29-44(53)30-28-40)54-47(42-15-8-4-9-16-42)19-12-20-48(54)43-17-10-5-11-18-43/h3-24,28,30-37H,25-27,29H2,1-2H3. The van der Waals surface area contributed by atoms with Gasteiger partial charge in [-0.25, -0.2) is 0 Å². The van der Waals surface area contributed by atoms with Crippen LogP contribution in [0.2, 0.25) is 0 Å². The van der Waals surface area contributed by atoms with Crippen LogP contribution in [-0.4, -0.2) is 0 Å². The molecule has 1 heteroatoms. The lowest BCUT2D eigenvalue weighted by atomic mass is 9.82. The van der Waals surface area contributed by atoms with Crippen LogP contribution in [-0.2, 0) is 31.1 Å². The van der Waals surface area contributed by atoms with Crippen LogP contribution in [0.25, 0.3) is 44.5 Å². The maximum atomic E-state index is 2.62. The summed E-state index contributed by atoms with van der Waals surface area (Å²) < 4.78 is 0. The Bertz CT molecular complexity index is 2630. The molecule has 0 N–H and O–H groups in total. The van der Waals surface area contributed by atoms with E-state index in [1.165, 1.54) is 95.0 Å². The topological polar surface area (TPSA) is 3.24 Å². The average Bonchev–Trinajstić information content (AvgIpc) is 3.48. The van der Waals surface area contributed by atoms with Gasteiger partial charge in [-0.1, -0.05) is 178 Å². The lowest BCUT2D eigenvalue weighted by Crippen LogP contribution is -2.18. The van der Waals surface area contributed by atoms with Crippen LogP contribution in [0.5, 0.6) is 0 Å². The molecule has 0 unspecified atom stereocenters. The van der Waals surface area contributed by atoms with Crippen molar-refractivity contribution in [1.82, 2.24) is 0 Å². The van der Waals surface area contributed by atoms with E-state index in [0.717, 1.165) is 25.7 Å². The first-order valence-corrected chi connectivity index (χ1v) is 20.1. The third-order valence-corrected chi connectivity index (χ3v) is 12.3. The Morgan fingerprint density at radius 2 is 0.946 bits per heavy atom. The van der Waals surface area contributed by atoms with E-state index < -0.39 is 0 Å². The molecule has 8 aromatic rings. The fourth-order valence-electron chi connectivity index (χ4n) is 9.19. The number of nitrogens with zero attached hydrogens (tertiary/aromatic N) is 1. The fourth-order valence-corrected chi connectivity index (χ4v) is 9.19. The quantitative estimate of drug-likeness (QED) is 0.165. The molecule has 0 aliphatic heterocycles. The van der Waals surface area contributed by atoms with E-state index in [9.17, 15) is 0 Å². The van der Waals surface area contributed by atoms with Crippen LogP contribution < -0.4 is 4.90 Å². The molecule has 0 spiro atoms. The first kappa shape index (κ1) is 34.1. The van der Waals surface area contributed by atoms with Crippen LogP contribution in [0.15, 0.2) is 188 Å². The molecule has 56 heavy (non-hydrogen) atoms. The van der Waals surface area contributed by atoms with Gasteiger partial charge in [0, 0.05) is 27.9 Å². The molecule has 0 saturated carbocycles. The lowest BCUT2D eigenvalue weighted by Gasteiger charge is -2.33. The zero-order chi connectivity index (χ0) is 37.6. The van der Waals surface area contributed by atoms with Crippen molar-refractivity contribution >= 4 is 17.1 Å². The predicted octanol–water partition coefficient (Wildman–Crippen LogP) is 14.3. The van der Waals surface area contributed by atoms with Crippen molar-refractivity contribution in [3.63, 3.8) is 0 Å². The van der Waals surface area contributed by atoms with Crippen molar-refractivity contribution in [2.45, 2.75) is 44.9 Å². The Labute approximate surface area is 331 Å². The summed E-state index contributed by atoms with van der Waals surface area (Å²) in [5.74, 6) is 0. The van der Waals surface area contributed by atoms with Crippen molar-refractivity contribution in [1.29, 1.82) is 0 Å². The third kappa shape index (κ3) is 6.05. The molecule has 0 amide bonds. The van der Waals surface area contributed by atoms with E-state index in [2.05, 4.69) is 207 Å². The molecule has 0 radical (unpaired) electrons. The molecule has 1 nitrogen and oxygen atoms in total. The molecule has 0 fully saturated rings. The Hall–Kier alpha value is -6.44. The zero-order valence-electron chi connectivity index (χ0n) is 32.2. The Morgan fingerprint density at radius 3 is 1.59 bits per heavy atom. The molecular weight excluding hydrogens is 675 g/mol. The van der Waals surface area contributed by atoms with Crippen LogP contribution in [0.3, 0.4) is 0 Å². The number of anilines is 3. The molecule has 0 aromatic heterocycles. The van der Waals surface area contributed by atoms with E-state index in [-0.39, 0.29) is 5.41 Å². The number of hydrogen-bond acceptors (Lipinski definition) is 1. The Morgan fingerprint density at radius 1 is 0.375 bits per heavy atom. The minimum Gasteiger partial charge on any atom is -0.309 e. The maximum Gasteiger partial charge on any atom is 0.0618 e. The zero-order valence-corrected chi connectivity index (χ0v) is 32.2. The highest BCUT2D eigenvalue weighted by Gasteiger charge is 2.37. The first-order chi connectivity index (χ1) is 27.5. The second kappa shape index (κ2) is 14.0. The number of para-hydroxylation sites is 1. The smallest absolute Gasteiger partial charge is 0.0618 e. The van der Waals surface area contributed by atoms with Crippen molar-refractivity contribution in [3.8, 4) is 44.5 Å². The fraction of sp³-hybridized carbons (Fsp3) is 0.127. The van der Waals surface area contributed by atoms with Gasteiger partial charge >= 0.3 is 0 Å². The number of hydrogen-bond donors (Lipinski definition) is 0. The second-order valence-corrected chi connectivity index (χ2v) is 16.0. The highest BCUT2D eigenvalue weighted by atomic mass is 15.2. The average molecular weight is 720 g/mol. The van der Waals surface area contributed by atoms with Gasteiger partial charge in [-0.3, -0.25) is 0 Å². The largest absolute Gasteiger partial charge is 0.309 e. The molecule has 270 valence electrons. The van der Waals surface area contributed by atoms with Gasteiger partial charge < -0.3 is 4.90 Å². The first-order valence-electron chi connectivity index (χ1n) is 20.1. The van der Waals surface area contributed by atoms with Crippen LogP contribution in [0.1, 0.15) is 47.2 Å². The summed E-state index contributed by atoms with van der Waals surface area (Å²) in [6.07, 6.45) is 3.94. The normalized spacial score (nSPS) is 13.8. The van der Waals surface area contributed by atoms with E-state index in [1.807, 2.05) is 0 Å². The van der Waals surface area contributed by atoms with Crippen molar-refractivity contribution < 1.29 is 0 Å². The molecule has 0 saturated heterocycles. The van der Waals surface area contributed by atoms with E-state index >= 15 is 0 Å². The summed E-state index contributed by atoms with van der Waals surface area (Å²) >= 11 is 0. The summed E-state index contributed by atoms with van der Waals surface area (Å²) in [5.41, 5.74) is 21.7. The molecule has 4 bridgehead atoms. The van der Waals surface area contributed by atoms with Gasteiger partial charge in [0.05, 0.1) is 5.69 Å². The Kier molecular flexibility index (Phi) is 8.52. The predicted molar refractivity (Wildman–Crippen MR) is 236 cm³/mol. The van der Waals surface area contributed by atoms with Crippen LogP contribution >= 0.6 is 0 Å². The summed E-state index contributed by atoms with van der Waals surface area (Å²) in [4.78, 5) is 2.62. The van der Waals surface area contributed by atoms with Gasteiger partial charge in [-0.2, -0.15) is 0 Å². The third-order valence-electron chi connectivity index (χ3n) is 12.3. The van der Waals surface area contributed by atoms with Gasteiger partial charge in [0.15, 0.2) is 0 Å². The van der Waals surface area contributed by atoms with Gasteiger partial charge in [0.25, 0.3) is 0 Å². The second-order valence-electron chi connectivity index (χ2n) is 16.0. The van der Waals surface area contributed by atoms with Gasteiger partial charge in [-0.15, -0.1) is 0 Å². The maximum absolute atomic E-state index is 2.62. The monoisotopic (exact) mass is 719 g/mol. The Balaban J connectivity index is 1.23. The van der Waals surface area contributed by atoms with E-state index in [1.54, 1.807) is 0 Å². The van der Waals surface area contributed by atoms with Crippen LogP contribution in [0, 0.1) is 0 Å². The van der Waals surface area contributed by atoms with Gasteiger partial charge in [0.2, 0.25) is 0 Å². The molecule has 5 aliphatic rings. The molecular formula is C55H45N. The summed E-state index contributed by atoms with van der Waals surface area (Å²) in [5, 5.41) is 0. The molecule has 5 aliphatic carbocycles. The van der Waals surface area contributed by atoms with E-state index in [4.69, 9.17) is 0 Å². The van der Waals surface area contributed by atoms with E-state index in [0.29, 0.717) is 0 Å². The number of aryl methyl sites for hydroxylation is 4. The highest BCUT2D eigenvalue weighted by molar-refractivity contribution is 5.99. The summed E-state index contributed by atoms with van der Waals surface area (Å²) in [6.45, 7) is 4.80. The molecule has 13 rings (SSSR count). The molecule has 8 aromatic carbocycles. The highest BCUT2D eigenvalue weighted by Crippen LogP contribution is 2.53. The SMILES string of the molecule is CC1(C)c2ccc(-c3ccccc3)cc2-c2ccc(N(c3cc4ccc3CCc3ccc(cc3)CC4)c3c(-c4ccccc4)cccc3-c3ccccc3)cc21. The molecule has 0 atom stereocenters. The van der Waals surface area contributed by atoms with Crippen LogP contribution in [0.4, 0.5) is 17.1 Å². The van der Waals surface area contributed by atoms with Gasteiger partial charge in [-0.05, 0) is 117 Å². The molecule has 0 heterocycles. The minimum atomic E-state index is -0.170. The van der Waals surface area contributed by atoms with Gasteiger partial charge in [0.1, 0.15) is 0 Å².